The van der Waals surface area contributed by atoms with Crippen molar-refractivity contribution in [2.75, 3.05) is 4.31 Å². The Bertz CT molecular complexity index is 1140. The number of anilines is 1. The summed E-state index contributed by atoms with van der Waals surface area (Å²) >= 11 is 0. The zero-order valence-corrected chi connectivity index (χ0v) is 20.0. The molecule has 0 aliphatic carbocycles. The van der Waals surface area contributed by atoms with Crippen LogP contribution in [0.25, 0.3) is 0 Å². The molecule has 0 aliphatic rings. The smallest absolute Gasteiger partial charge is 0.268 e. The van der Waals surface area contributed by atoms with E-state index >= 15 is 0 Å². The first kappa shape index (κ1) is 23.7. The Balaban J connectivity index is 2.05. The molecule has 32 heavy (non-hydrogen) atoms. The van der Waals surface area contributed by atoms with E-state index in [0.29, 0.717) is 11.3 Å². The van der Waals surface area contributed by atoms with Crippen molar-refractivity contribution in [3.8, 4) is 0 Å². The lowest BCUT2D eigenvalue weighted by atomic mass is 9.87. The first-order valence-electron chi connectivity index (χ1n) is 11.0. The summed E-state index contributed by atoms with van der Waals surface area (Å²) < 4.78 is 28.0. The molecule has 1 amide bonds. The van der Waals surface area contributed by atoms with Crippen LogP contribution in [0.5, 0.6) is 0 Å². The number of aryl methyl sites for hydroxylation is 1. The number of sulfonamides is 1. The van der Waals surface area contributed by atoms with E-state index in [4.69, 9.17) is 0 Å². The number of unbranched alkanes of at least 4 members (excludes halogenated alkanes) is 1. The molecule has 0 aromatic heterocycles. The van der Waals surface area contributed by atoms with Gasteiger partial charge in [-0.1, -0.05) is 76.6 Å². The van der Waals surface area contributed by atoms with E-state index in [-0.39, 0.29) is 10.3 Å². The van der Waals surface area contributed by atoms with Crippen molar-refractivity contribution in [1.29, 1.82) is 0 Å². The second-order valence-electron chi connectivity index (χ2n) is 8.98. The number of hydrogen-bond acceptors (Lipinski definition) is 3. The van der Waals surface area contributed by atoms with Crippen LogP contribution >= 0.6 is 0 Å². The lowest BCUT2D eigenvalue weighted by Crippen LogP contribution is -2.37. The van der Waals surface area contributed by atoms with Gasteiger partial charge in [0.15, 0.2) is 0 Å². The molecule has 0 atom stereocenters. The molecule has 0 unspecified atom stereocenters. The van der Waals surface area contributed by atoms with Gasteiger partial charge < -0.3 is 0 Å². The average Bonchev–Trinajstić information content (AvgIpc) is 2.78. The summed E-state index contributed by atoms with van der Waals surface area (Å²) in [6.45, 7) is 8.41. The molecule has 4 nitrogen and oxygen atoms in total. The zero-order chi connectivity index (χ0) is 23.4. The zero-order valence-electron chi connectivity index (χ0n) is 19.2. The van der Waals surface area contributed by atoms with Gasteiger partial charge in [0.05, 0.1) is 10.6 Å². The highest BCUT2D eigenvalue weighted by Gasteiger charge is 2.32. The molecule has 0 heterocycles. The number of carbonyl (C=O) groups is 1. The Morgan fingerprint density at radius 2 is 1.44 bits per heavy atom. The van der Waals surface area contributed by atoms with Crippen LogP contribution in [0.2, 0.25) is 0 Å². The topological polar surface area (TPSA) is 54.5 Å². The molecule has 3 aromatic rings. The Labute approximate surface area is 192 Å². The number of hydrogen-bond donors (Lipinski definition) is 0. The molecule has 5 heteroatoms. The number of carbonyl (C=O) groups excluding carboxylic acids is 1. The van der Waals surface area contributed by atoms with Crippen LogP contribution in [0, 0.1) is 0 Å². The Morgan fingerprint density at radius 3 is 1.97 bits per heavy atom. The normalized spacial score (nSPS) is 11.9. The molecule has 168 valence electrons. The quantitative estimate of drug-likeness (QED) is 0.421. The van der Waals surface area contributed by atoms with E-state index in [9.17, 15) is 13.2 Å². The summed E-state index contributed by atoms with van der Waals surface area (Å²) in [4.78, 5) is 13.6. The van der Waals surface area contributed by atoms with Crippen molar-refractivity contribution in [3.05, 3.63) is 95.6 Å². The van der Waals surface area contributed by atoms with Crippen LogP contribution in [0.3, 0.4) is 0 Å². The number of nitrogens with zero attached hydrogens (tertiary/aromatic N) is 1. The van der Waals surface area contributed by atoms with Gasteiger partial charge in [-0.2, -0.15) is 4.31 Å². The lowest BCUT2D eigenvalue weighted by Gasteiger charge is -2.24. The third-order valence-electron chi connectivity index (χ3n) is 5.45. The van der Waals surface area contributed by atoms with Crippen molar-refractivity contribution < 1.29 is 13.2 Å². The van der Waals surface area contributed by atoms with Crippen molar-refractivity contribution in [2.45, 2.75) is 57.3 Å². The van der Waals surface area contributed by atoms with Crippen LogP contribution in [0.15, 0.2) is 83.8 Å². The summed E-state index contributed by atoms with van der Waals surface area (Å²) in [6, 6.07) is 22.5. The molecule has 0 aliphatic heterocycles. The molecule has 0 saturated carbocycles. The number of rotatable bonds is 7. The number of benzene rings is 3. The van der Waals surface area contributed by atoms with E-state index in [1.165, 1.54) is 12.1 Å². The summed E-state index contributed by atoms with van der Waals surface area (Å²) in [5.74, 6) is -0.573. The first-order valence-corrected chi connectivity index (χ1v) is 12.4. The SMILES string of the molecule is CCCCc1ccc(N(C(=O)c2ccc(C(C)(C)C)cc2)S(=O)(=O)c2ccccc2)cc1. The largest absolute Gasteiger partial charge is 0.272 e. The maximum atomic E-state index is 13.5. The molecule has 0 saturated heterocycles. The van der Waals surface area contributed by atoms with Crippen molar-refractivity contribution in [2.24, 2.45) is 0 Å². The number of amides is 1. The molecular formula is C27H31NO3S. The minimum absolute atomic E-state index is 0.0638. The van der Waals surface area contributed by atoms with Crippen molar-refractivity contribution in [1.82, 2.24) is 0 Å². The van der Waals surface area contributed by atoms with Gasteiger partial charge in [0.25, 0.3) is 15.9 Å². The monoisotopic (exact) mass is 449 g/mol. The van der Waals surface area contributed by atoms with Gasteiger partial charge in [-0.25, -0.2) is 8.42 Å². The predicted molar refractivity (Wildman–Crippen MR) is 131 cm³/mol. The minimum Gasteiger partial charge on any atom is -0.268 e. The lowest BCUT2D eigenvalue weighted by molar-refractivity contribution is 0.101. The van der Waals surface area contributed by atoms with Crippen LogP contribution in [-0.4, -0.2) is 14.3 Å². The molecule has 0 radical (unpaired) electrons. The predicted octanol–water partition coefficient (Wildman–Crippen LogP) is 6.36. The first-order chi connectivity index (χ1) is 15.1. The van der Waals surface area contributed by atoms with E-state index in [2.05, 4.69) is 27.7 Å². The fraction of sp³-hybridized carbons (Fsp3) is 0.296. The average molecular weight is 450 g/mol. The third kappa shape index (κ3) is 5.28. The highest BCUT2D eigenvalue weighted by atomic mass is 32.2. The maximum Gasteiger partial charge on any atom is 0.272 e. The van der Waals surface area contributed by atoms with Gasteiger partial charge in [-0.05, 0) is 65.8 Å². The Morgan fingerprint density at radius 1 is 0.844 bits per heavy atom. The second kappa shape index (κ2) is 9.70. The maximum absolute atomic E-state index is 13.5. The van der Waals surface area contributed by atoms with Gasteiger partial charge in [0.2, 0.25) is 0 Å². The fourth-order valence-corrected chi connectivity index (χ4v) is 4.91. The van der Waals surface area contributed by atoms with E-state index in [1.54, 1.807) is 42.5 Å². The van der Waals surface area contributed by atoms with Gasteiger partial charge in [-0.15, -0.1) is 0 Å². The molecule has 0 fully saturated rings. The minimum atomic E-state index is -4.09. The summed E-state index contributed by atoms with van der Waals surface area (Å²) in [7, 11) is -4.09. The third-order valence-corrected chi connectivity index (χ3v) is 7.18. The summed E-state index contributed by atoms with van der Waals surface area (Å²) in [6.07, 6.45) is 3.06. The van der Waals surface area contributed by atoms with Crippen molar-refractivity contribution in [3.63, 3.8) is 0 Å². The summed E-state index contributed by atoms with van der Waals surface area (Å²) in [5.41, 5.74) is 2.79. The van der Waals surface area contributed by atoms with Crippen LogP contribution in [-0.2, 0) is 21.9 Å². The van der Waals surface area contributed by atoms with Gasteiger partial charge in [0, 0.05) is 5.56 Å². The molecule has 0 bridgehead atoms. The molecule has 0 N–H and O–H groups in total. The Hall–Kier alpha value is -2.92. The molecular weight excluding hydrogens is 418 g/mol. The van der Waals surface area contributed by atoms with Gasteiger partial charge in [-0.3, -0.25) is 4.79 Å². The summed E-state index contributed by atoms with van der Waals surface area (Å²) in [5, 5.41) is 0. The standard InChI is InChI=1S/C27H31NO3S/c1-5-6-10-21-13-19-24(20-14-21)28(32(30,31)25-11-8-7-9-12-25)26(29)22-15-17-23(18-16-22)27(2,3)4/h7-9,11-20H,5-6,10H2,1-4H3. The van der Waals surface area contributed by atoms with Crippen LogP contribution in [0.4, 0.5) is 5.69 Å². The van der Waals surface area contributed by atoms with Crippen LogP contribution in [0.1, 0.15) is 62.0 Å². The molecule has 0 spiro atoms. The highest BCUT2D eigenvalue weighted by Crippen LogP contribution is 2.28. The van der Waals surface area contributed by atoms with Gasteiger partial charge >= 0.3 is 0 Å². The van der Waals surface area contributed by atoms with Crippen LogP contribution < -0.4 is 4.31 Å². The van der Waals surface area contributed by atoms with E-state index in [1.807, 2.05) is 24.3 Å². The fourth-order valence-electron chi connectivity index (χ4n) is 3.47. The van der Waals surface area contributed by atoms with Crippen molar-refractivity contribution >= 4 is 21.6 Å². The highest BCUT2D eigenvalue weighted by molar-refractivity contribution is 7.93. The van der Waals surface area contributed by atoms with Gasteiger partial charge in [0.1, 0.15) is 0 Å². The Kier molecular flexibility index (Phi) is 7.19. The molecule has 3 aromatic carbocycles. The van der Waals surface area contributed by atoms with E-state index in [0.717, 1.165) is 34.7 Å². The van der Waals surface area contributed by atoms with E-state index < -0.39 is 15.9 Å². The molecule has 3 rings (SSSR count). The second-order valence-corrected chi connectivity index (χ2v) is 10.8.